The molecule has 4 aliphatic rings. The molecule has 1 aromatic heterocycles. The van der Waals surface area contributed by atoms with E-state index < -0.39 is 16.1 Å². The van der Waals surface area contributed by atoms with Gasteiger partial charge in [-0.15, -0.1) is 0 Å². The quantitative estimate of drug-likeness (QED) is 0.427. The summed E-state index contributed by atoms with van der Waals surface area (Å²) in [4.78, 5) is 22.9. The molecule has 1 aliphatic carbocycles. The van der Waals surface area contributed by atoms with Gasteiger partial charge in [-0.25, -0.2) is 18.1 Å². The average molecular weight is 586 g/mol. The number of morpholine rings is 1. The number of aromatic nitrogens is 1. The Morgan fingerprint density at radius 2 is 1.93 bits per heavy atom. The molecule has 2 atom stereocenters. The number of pyridine rings is 1. The normalized spacial score (nSPS) is 22.3. The van der Waals surface area contributed by atoms with Crippen LogP contribution in [0.15, 0.2) is 29.2 Å². The number of aliphatic hydroxyl groups is 1. The third-order valence-corrected chi connectivity index (χ3v) is 10.3. The molecule has 3 aliphatic heterocycles. The molecule has 222 valence electrons. The number of carbonyl (C=O) groups is 1. The van der Waals surface area contributed by atoms with Crippen molar-refractivity contribution in [2.45, 2.75) is 63.0 Å². The van der Waals surface area contributed by atoms with Gasteiger partial charge in [0.1, 0.15) is 5.82 Å². The Balaban J connectivity index is 1.31. The van der Waals surface area contributed by atoms with Crippen LogP contribution in [0.1, 0.15) is 55.5 Å². The Morgan fingerprint density at radius 1 is 1.15 bits per heavy atom. The molecular formula is C29H39N5O6S. The van der Waals surface area contributed by atoms with E-state index in [1.54, 1.807) is 19.1 Å². The van der Waals surface area contributed by atoms with Crippen LogP contribution in [0.5, 0.6) is 5.75 Å². The smallest absolute Gasteiger partial charge is 0.258 e. The fraction of sp³-hybridized carbons (Fsp3) is 0.586. The zero-order valence-corrected chi connectivity index (χ0v) is 24.5. The fourth-order valence-corrected chi connectivity index (χ4v) is 7.31. The van der Waals surface area contributed by atoms with Gasteiger partial charge < -0.3 is 29.7 Å². The number of piperidine rings is 1. The number of anilines is 3. The second-order valence-corrected chi connectivity index (χ2v) is 13.6. The SMILES string of the molecule is C[C@@H]1CN(c2nc(NC(=O)c3ccc(S(=O)(=O)N[C@@H](C)CO)cc3N3CCC4(CC3)CC4)cc3c2OCC3)CCO1. The molecule has 3 fully saturated rings. The Kier molecular flexibility index (Phi) is 7.60. The van der Waals surface area contributed by atoms with E-state index in [4.69, 9.17) is 14.5 Å². The predicted molar refractivity (Wildman–Crippen MR) is 155 cm³/mol. The minimum atomic E-state index is -3.88. The lowest BCUT2D eigenvalue weighted by atomic mass is 9.93. The molecule has 1 amide bonds. The van der Waals surface area contributed by atoms with Crippen LogP contribution >= 0.6 is 0 Å². The van der Waals surface area contributed by atoms with E-state index in [1.807, 2.05) is 13.0 Å². The number of nitrogens with one attached hydrogen (secondary N) is 2. The lowest BCUT2D eigenvalue weighted by Gasteiger charge is -2.35. The van der Waals surface area contributed by atoms with Gasteiger partial charge in [-0.1, -0.05) is 0 Å². The monoisotopic (exact) mass is 585 g/mol. The number of carbonyl (C=O) groups excluding carboxylic acids is 1. The van der Waals surface area contributed by atoms with Gasteiger partial charge in [-0.05, 0) is 69.2 Å². The number of ether oxygens (including phenoxy) is 2. The molecule has 4 heterocycles. The Bertz CT molecular complexity index is 1420. The topological polar surface area (TPSA) is 133 Å². The zero-order valence-electron chi connectivity index (χ0n) is 23.7. The summed E-state index contributed by atoms with van der Waals surface area (Å²) in [6, 6.07) is 5.84. The largest absolute Gasteiger partial charge is 0.489 e. The minimum absolute atomic E-state index is 0.0624. The molecule has 1 spiro atoms. The third-order valence-electron chi connectivity index (χ3n) is 8.71. The predicted octanol–water partition coefficient (Wildman–Crippen LogP) is 2.53. The van der Waals surface area contributed by atoms with E-state index in [0.717, 1.165) is 43.7 Å². The highest BCUT2D eigenvalue weighted by Crippen LogP contribution is 2.54. The Labute approximate surface area is 241 Å². The summed E-state index contributed by atoms with van der Waals surface area (Å²) in [7, 11) is -3.88. The van der Waals surface area contributed by atoms with Gasteiger partial charge in [-0.2, -0.15) is 0 Å². The summed E-state index contributed by atoms with van der Waals surface area (Å²) in [5.74, 6) is 1.56. The third kappa shape index (κ3) is 5.88. The van der Waals surface area contributed by atoms with Gasteiger partial charge in [0.05, 0.1) is 42.1 Å². The Morgan fingerprint density at radius 3 is 2.63 bits per heavy atom. The van der Waals surface area contributed by atoms with Gasteiger partial charge >= 0.3 is 0 Å². The number of fused-ring (bicyclic) bond motifs is 1. The van der Waals surface area contributed by atoms with Crippen molar-refractivity contribution in [2.24, 2.45) is 5.41 Å². The maximum Gasteiger partial charge on any atom is 0.258 e. The molecule has 1 aromatic carbocycles. The summed E-state index contributed by atoms with van der Waals surface area (Å²) in [6.45, 7) is 7.36. The summed E-state index contributed by atoms with van der Waals surface area (Å²) >= 11 is 0. The first-order valence-electron chi connectivity index (χ1n) is 14.5. The molecule has 0 bridgehead atoms. The maximum absolute atomic E-state index is 13.8. The molecule has 6 rings (SSSR count). The number of aliphatic hydroxyl groups excluding tert-OH is 1. The molecule has 12 heteroatoms. The summed E-state index contributed by atoms with van der Waals surface area (Å²) in [5.41, 5.74) is 2.40. The second-order valence-electron chi connectivity index (χ2n) is 11.9. The van der Waals surface area contributed by atoms with E-state index in [2.05, 4.69) is 19.8 Å². The molecule has 2 aromatic rings. The number of sulfonamides is 1. The lowest BCUT2D eigenvalue weighted by molar-refractivity contribution is 0.0527. The van der Waals surface area contributed by atoms with Crippen LogP contribution in [0.2, 0.25) is 0 Å². The van der Waals surface area contributed by atoms with Crippen molar-refractivity contribution in [1.82, 2.24) is 9.71 Å². The minimum Gasteiger partial charge on any atom is -0.489 e. The molecule has 11 nitrogen and oxygen atoms in total. The highest BCUT2D eigenvalue weighted by Gasteiger charge is 2.44. The summed E-state index contributed by atoms with van der Waals surface area (Å²) in [5, 5.41) is 12.4. The van der Waals surface area contributed by atoms with Gasteiger partial charge in [0, 0.05) is 44.2 Å². The number of amides is 1. The lowest BCUT2D eigenvalue weighted by Crippen LogP contribution is -2.41. The second kappa shape index (κ2) is 11.0. The van der Waals surface area contributed by atoms with Crippen LogP contribution in [0.4, 0.5) is 17.3 Å². The Hall–Kier alpha value is -2.93. The van der Waals surface area contributed by atoms with Crippen molar-refractivity contribution in [3.05, 3.63) is 35.4 Å². The highest BCUT2D eigenvalue weighted by atomic mass is 32.2. The molecule has 0 unspecified atom stereocenters. The maximum atomic E-state index is 13.8. The molecule has 1 saturated carbocycles. The number of benzene rings is 1. The highest BCUT2D eigenvalue weighted by molar-refractivity contribution is 7.89. The van der Waals surface area contributed by atoms with E-state index >= 15 is 0 Å². The van der Waals surface area contributed by atoms with Crippen LogP contribution in [-0.2, 0) is 21.2 Å². The van der Waals surface area contributed by atoms with Crippen molar-refractivity contribution in [2.75, 3.05) is 61.1 Å². The molecule has 0 radical (unpaired) electrons. The van der Waals surface area contributed by atoms with Crippen LogP contribution in [0, 0.1) is 5.41 Å². The van der Waals surface area contributed by atoms with E-state index in [1.165, 1.54) is 18.9 Å². The van der Waals surface area contributed by atoms with Gasteiger partial charge in [0.2, 0.25) is 10.0 Å². The van der Waals surface area contributed by atoms with E-state index in [0.29, 0.717) is 54.6 Å². The van der Waals surface area contributed by atoms with Crippen molar-refractivity contribution < 1.29 is 27.8 Å². The van der Waals surface area contributed by atoms with Gasteiger partial charge in [-0.3, -0.25) is 4.79 Å². The van der Waals surface area contributed by atoms with Crippen molar-refractivity contribution in [1.29, 1.82) is 0 Å². The average Bonchev–Trinajstić information content (AvgIpc) is 3.53. The molecule has 3 N–H and O–H groups in total. The first-order valence-corrected chi connectivity index (χ1v) is 16.0. The van der Waals surface area contributed by atoms with Crippen LogP contribution in [0.25, 0.3) is 0 Å². The fourth-order valence-electron chi connectivity index (χ4n) is 6.05. The summed E-state index contributed by atoms with van der Waals surface area (Å²) in [6.07, 6.45) is 5.33. The molecule has 2 saturated heterocycles. The number of rotatable bonds is 8. The van der Waals surface area contributed by atoms with E-state index in [9.17, 15) is 18.3 Å². The van der Waals surface area contributed by atoms with Crippen LogP contribution < -0.4 is 24.6 Å². The van der Waals surface area contributed by atoms with Crippen molar-refractivity contribution in [3.63, 3.8) is 0 Å². The van der Waals surface area contributed by atoms with Gasteiger partial charge in [0.15, 0.2) is 11.6 Å². The first-order chi connectivity index (χ1) is 19.7. The molecule has 41 heavy (non-hydrogen) atoms. The number of nitrogens with zero attached hydrogens (tertiary/aromatic N) is 3. The number of hydrogen-bond donors (Lipinski definition) is 3. The van der Waals surface area contributed by atoms with Crippen molar-refractivity contribution in [3.8, 4) is 5.75 Å². The van der Waals surface area contributed by atoms with E-state index in [-0.39, 0.29) is 23.5 Å². The van der Waals surface area contributed by atoms with Gasteiger partial charge in [0.25, 0.3) is 5.91 Å². The first kappa shape index (κ1) is 28.2. The van der Waals surface area contributed by atoms with Crippen LogP contribution in [0.3, 0.4) is 0 Å². The standard InChI is InChI=1S/C29H39N5O6S/c1-19(18-35)32-41(37,38)22-3-4-23(24(16-22)33-10-8-29(6-7-29)9-11-33)28(36)31-25-15-21-5-13-40-26(21)27(30-25)34-12-14-39-20(2)17-34/h3-4,15-16,19-20,32,35H,5-14,17-18H2,1-2H3,(H,30,31,36)/t19-,20+/m0/s1. The summed E-state index contributed by atoms with van der Waals surface area (Å²) < 4.78 is 40.3. The zero-order chi connectivity index (χ0) is 28.8. The molecular weight excluding hydrogens is 546 g/mol. The van der Waals surface area contributed by atoms with Crippen molar-refractivity contribution >= 4 is 33.3 Å². The number of hydrogen-bond acceptors (Lipinski definition) is 9. The van der Waals surface area contributed by atoms with Crippen LogP contribution in [-0.4, -0.2) is 82.6 Å².